The summed E-state index contributed by atoms with van der Waals surface area (Å²) in [6, 6.07) is 0.181. The van der Waals surface area contributed by atoms with E-state index in [9.17, 15) is 4.79 Å². The number of piperidine rings is 1. The van der Waals surface area contributed by atoms with E-state index in [-0.39, 0.29) is 6.03 Å². The van der Waals surface area contributed by atoms with E-state index in [0.717, 1.165) is 39.0 Å². The van der Waals surface area contributed by atoms with Gasteiger partial charge in [0.25, 0.3) is 0 Å². The molecule has 0 spiro atoms. The molecule has 19 heavy (non-hydrogen) atoms. The third-order valence-electron chi connectivity index (χ3n) is 3.85. The Labute approximate surface area is 117 Å². The number of nitrogens with zero attached hydrogens (tertiary/aromatic N) is 3. The number of hydrogen-bond donors (Lipinski definition) is 0. The molecule has 2 saturated heterocycles. The first-order valence-corrected chi connectivity index (χ1v) is 7.73. The van der Waals surface area contributed by atoms with Crippen LogP contribution in [0.1, 0.15) is 23.8 Å². The van der Waals surface area contributed by atoms with Crippen LogP contribution in [-0.2, 0) is 4.74 Å². The second-order valence-corrected chi connectivity index (χ2v) is 5.94. The summed E-state index contributed by atoms with van der Waals surface area (Å²) in [5.74, 6) is 0.536. The molecule has 2 aliphatic rings. The van der Waals surface area contributed by atoms with Crippen molar-refractivity contribution in [3.8, 4) is 0 Å². The van der Waals surface area contributed by atoms with Gasteiger partial charge in [-0.3, -0.25) is 0 Å². The van der Waals surface area contributed by atoms with Crippen molar-refractivity contribution in [3.63, 3.8) is 0 Å². The predicted molar refractivity (Wildman–Crippen MR) is 73.5 cm³/mol. The third-order valence-corrected chi connectivity index (χ3v) is 4.79. The van der Waals surface area contributed by atoms with Gasteiger partial charge in [-0.2, -0.15) is 0 Å². The molecule has 3 heterocycles. The number of ether oxygens (including phenoxy) is 1. The average molecular weight is 281 g/mol. The zero-order valence-corrected chi connectivity index (χ0v) is 11.8. The third kappa shape index (κ3) is 2.90. The molecule has 0 unspecified atom stereocenters. The van der Waals surface area contributed by atoms with Gasteiger partial charge in [0.1, 0.15) is 0 Å². The molecular weight excluding hydrogens is 262 g/mol. The van der Waals surface area contributed by atoms with Gasteiger partial charge in [-0.15, -0.1) is 11.3 Å². The Bertz CT molecular complexity index is 410. The summed E-state index contributed by atoms with van der Waals surface area (Å²) in [6.45, 7) is 4.49. The molecule has 0 saturated carbocycles. The number of carbonyl (C=O) groups excluding carboxylic acids is 1. The van der Waals surface area contributed by atoms with Crippen LogP contribution in [0.3, 0.4) is 0 Å². The van der Waals surface area contributed by atoms with Crippen molar-refractivity contribution in [2.75, 3.05) is 39.4 Å². The highest BCUT2D eigenvalue weighted by atomic mass is 32.1. The van der Waals surface area contributed by atoms with Crippen molar-refractivity contribution < 1.29 is 9.53 Å². The molecule has 0 atom stereocenters. The van der Waals surface area contributed by atoms with Gasteiger partial charge in [0.05, 0.1) is 18.2 Å². The number of thiazole rings is 1. The van der Waals surface area contributed by atoms with Crippen LogP contribution in [-0.4, -0.2) is 60.2 Å². The molecule has 0 radical (unpaired) electrons. The standard InChI is InChI=1S/C13H19N3O2S/c17-13(16-6-8-18-9-7-16)15-4-1-11(2-5-15)12-14-3-10-19-12/h3,10-11H,1-2,4-9H2. The summed E-state index contributed by atoms with van der Waals surface area (Å²) < 4.78 is 5.28. The van der Waals surface area contributed by atoms with Crippen molar-refractivity contribution >= 4 is 17.4 Å². The monoisotopic (exact) mass is 281 g/mol. The number of rotatable bonds is 1. The minimum atomic E-state index is 0.181. The average Bonchev–Trinajstić information content (AvgIpc) is 3.02. The smallest absolute Gasteiger partial charge is 0.320 e. The maximum atomic E-state index is 12.3. The molecule has 6 heteroatoms. The first-order chi connectivity index (χ1) is 9.34. The Morgan fingerprint density at radius 3 is 2.53 bits per heavy atom. The molecule has 5 nitrogen and oxygen atoms in total. The summed E-state index contributed by atoms with van der Waals surface area (Å²) in [6.07, 6.45) is 3.93. The molecule has 0 N–H and O–H groups in total. The van der Waals surface area contributed by atoms with E-state index in [1.807, 2.05) is 21.4 Å². The van der Waals surface area contributed by atoms with Crippen LogP contribution in [0.5, 0.6) is 0 Å². The first-order valence-electron chi connectivity index (χ1n) is 6.85. The lowest BCUT2D eigenvalue weighted by Crippen LogP contribution is -2.50. The van der Waals surface area contributed by atoms with Crippen LogP contribution in [0.25, 0.3) is 0 Å². The summed E-state index contributed by atoms with van der Waals surface area (Å²) in [4.78, 5) is 20.6. The van der Waals surface area contributed by atoms with Crippen LogP contribution in [0.15, 0.2) is 11.6 Å². The molecule has 1 aromatic rings. The fourth-order valence-corrected chi connectivity index (χ4v) is 3.52. The van der Waals surface area contributed by atoms with Gasteiger partial charge in [0, 0.05) is 43.7 Å². The fourth-order valence-electron chi connectivity index (χ4n) is 2.71. The van der Waals surface area contributed by atoms with E-state index < -0.39 is 0 Å². The summed E-state index contributed by atoms with van der Waals surface area (Å²) >= 11 is 1.73. The normalized spacial score (nSPS) is 21.7. The number of hydrogen-bond acceptors (Lipinski definition) is 4. The van der Waals surface area contributed by atoms with Crippen molar-refractivity contribution in [1.29, 1.82) is 0 Å². The van der Waals surface area contributed by atoms with Crippen molar-refractivity contribution in [2.24, 2.45) is 0 Å². The summed E-state index contributed by atoms with van der Waals surface area (Å²) in [5.41, 5.74) is 0. The van der Waals surface area contributed by atoms with Crippen LogP contribution in [0.4, 0.5) is 4.79 Å². The Balaban J connectivity index is 1.53. The molecule has 2 aliphatic heterocycles. The Hall–Kier alpha value is -1.14. The molecule has 1 aromatic heterocycles. The van der Waals surface area contributed by atoms with Crippen LogP contribution in [0.2, 0.25) is 0 Å². The van der Waals surface area contributed by atoms with E-state index in [0.29, 0.717) is 19.1 Å². The van der Waals surface area contributed by atoms with Gasteiger partial charge in [-0.25, -0.2) is 9.78 Å². The van der Waals surface area contributed by atoms with Gasteiger partial charge in [0.2, 0.25) is 0 Å². The SMILES string of the molecule is O=C(N1CCOCC1)N1CCC(c2nccs2)CC1. The van der Waals surface area contributed by atoms with E-state index in [2.05, 4.69) is 4.98 Å². The number of carbonyl (C=O) groups is 1. The fraction of sp³-hybridized carbons (Fsp3) is 0.692. The molecule has 0 aromatic carbocycles. The lowest BCUT2D eigenvalue weighted by Gasteiger charge is -2.36. The molecule has 3 rings (SSSR count). The van der Waals surface area contributed by atoms with Crippen molar-refractivity contribution in [1.82, 2.24) is 14.8 Å². The molecule has 0 bridgehead atoms. The second kappa shape index (κ2) is 5.88. The van der Waals surface area contributed by atoms with Gasteiger partial charge >= 0.3 is 6.03 Å². The molecule has 2 amide bonds. The van der Waals surface area contributed by atoms with Crippen LogP contribution in [0, 0.1) is 0 Å². The van der Waals surface area contributed by atoms with Gasteiger partial charge in [-0.1, -0.05) is 0 Å². The van der Waals surface area contributed by atoms with Crippen LogP contribution >= 0.6 is 11.3 Å². The van der Waals surface area contributed by atoms with Crippen molar-refractivity contribution in [3.05, 3.63) is 16.6 Å². The highest BCUT2D eigenvalue weighted by Gasteiger charge is 2.28. The van der Waals surface area contributed by atoms with Crippen molar-refractivity contribution in [2.45, 2.75) is 18.8 Å². The highest BCUT2D eigenvalue weighted by molar-refractivity contribution is 7.09. The Kier molecular flexibility index (Phi) is 3.98. The van der Waals surface area contributed by atoms with E-state index >= 15 is 0 Å². The highest BCUT2D eigenvalue weighted by Crippen LogP contribution is 2.29. The topological polar surface area (TPSA) is 45.7 Å². The number of amides is 2. The minimum absolute atomic E-state index is 0.181. The summed E-state index contributed by atoms with van der Waals surface area (Å²) in [7, 11) is 0. The van der Waals surface area contributed by atoms with Gasteiger partial charge in [-0.05, 0) is 12.8 Å². The van der Waals surface area contributed by atoms with E-state index in [4.69, 9.17) is 4.74 Å². The lowest BCUT2D eigenvalue weighted by molar-refractivity contribution is 0.0411. The van der Waals surface area contributed by atoms with Crippen LogP contribution < -0.4 is 0 Å². The number of morpholine rings is 1. The predicted octanol–water partition coefficient (Wildman–Crippen LogP) is 1.77. The molecule has 2 fully saturated rings. The largest absolute Gasteiger partial charge is 0.378 e. The van der Waals surface area contributed by atoms with E-state index in [1.165, 1.54) is 5.01 Å². The summed E-state index contributed by atoms with van der Waals surface area (Å²) in [5, 5.41) is 3.25. The second-order valence-electron chi connectivity index (χ2n) is 5.01. The molecular formula is C13H19N3O2S. The number of likely N-dealkylation sites (tertiary alicyclic amines) is 1. The maximum Gasteiger partial charge on any atom is 0.320 e. The minimum Gasteiger partial charge on any atom is -0.378 e. The zero-order valence-electron chi connectivity index (χ0n) is 11.0. The first kappa shape index (κ1) is 12.9. The Morgan fingerprint density at radius 2 is 1.89 bits per heavy atom. The van der Waals surface area contributed by atoms with Gasteiger partial charge in [0.15, 0.2) is 0 Å². The maximum absolute atomic E-state index is 12.3. The zero-order chi connectivity index (χ0) is 13.1. The Morgan fingerprint density at radius 1 is 1.21 bits per heavy atom. The van der Waals surface area contributed by atoms with E-state index in [1.54, 1.807) is 11.3 Å². The lowest BCUT2D eigenvalue weighted by atomic mass is 9.98. The molecule has 104 valence electrons. The number of urea groups is 1. The number of aromatic nitrogens is 1. The molecule has 0 aliphatic carbocycles. The van der Waals surface area contributed by atoms with Gasteiger partial charge < -0.3 is 14.5 Å². The quantitative estimate of drug-likeness (QED) is 0.788.